The molecule has 0 spiro atoms. The summed E-state index contributed by atoms with van der Waals surface area (Å²) in [6.07, 6.45) is -2.73. The van der Waals surface area contributed by atoms with E-state index in [0.29, 0.717) is 10.9 Å². The van der Waals surface area contributed by atoms with Crippen molar-refractivity contribution in [3.05, 3.63) is 42.1 Å². The van der Waals surface area contributed by atoms with Gasteiger partial charge in [-0.2, -0.15) is 13.2 Å². The van der Waals surface area contributed by atoms with Crippen molar-refractivity contribution in [1.82, 2.24) is 9.88 Å². The predicted octanol–water partition coefficient (Wildman–Crippen LogP) is 2.73. The zero-order valence-electron chi connectivity index (χ0n) is 12.3. The van der Waals surface area contributed by atoms with Crippen molar-refractivity contribution >= 4 is 16.8 Å². The number of fused-ring (bicyclic) bond motifs is 1. The van der Waals surface area contributed by atoms with Gasteiger partial charge in [-0.15, -0.1) is 0 Å². The summed E-state index contributed by atoms with van der Waals surface area (Å²) in [5, 5.41) is 0.711. The van der Waals surface area contributed by atoms with Crippen molar-refractivity contribution in [3.63, 3.8) is 0 Å². The Morgan fingerprint density at radius 3 is 2.78 bits per heavy atom. The van der Waals surface area contributed by atoms with Gasteiger partial charge in [0.1, 0.15) is 6.04 Å². The number of likely N-dealkylation sites (tertiary alicyclic amines) is 1. The Morgan fingerprint density at radius 1 is 1.26 bits per heavy atom. The van der Waals surface area contributed by atoms with E-state index in [1.165, 1.54) is 6.07 Å². The second kappa shape index (κ2) is 5.81. The zero-order valence-corrected chi connectivity index (χ0v) is 12.3. The molecule has 122 valence electrons. The number of carbonyl (C=O) groups excluding carboxylic acids is 1. The highest BCUT2D eigenvalue weighted by Gasteiger charge is 2.47. The molecule has 1 aromatic carbocycles. The number of hydrogen-bond acceptors (Lipinski definition) is 3. The molecule has 3 rings (SSSR count). The van der Waals surface area contributed by atoms with Crippen LogP contribution in [-0.4, -0.2) is 40.6 Å². The molecule has 7 heteroatoms. The van der Waals surface area contributed by atoms with Crippen molar-refractivity contribution in [2.45, 2.75) is 31.1 Å². The first kappa shape index (κ1) is 15.7. The molecule has 0 bridgehead atoms. The van der Waals surface area contributed by atoms with Gasteiger partial charge in [-0.05, 0) is 37.1 Å². The molecular formula is C16H16F3N3O. The van der Waals surface area contributed by atoms with Gasteiger partial charge in [0.2, 0.25) is 0 Å². The largest absolute Gasteiger partial charge is 0.408 e. The minimum Gasteiger partial charge on any atom is -0.326 e. The minimum atomic E-state index is -4.45. The zero-order chi connectivity index (χ0) is 16.6. The van der Waals surface area contributed by atoms with Crippen molar-refractivity contribution < 1.29 is 18.0 Å². The van der Waals surface area contributed by atoms with Crippen LogP contribution in [0.3, 0.4) is 0 Å². The Kier molecular flexibility index (Phi) is 3.97. The molecule has 1 aromatic heterocycles. The Hall–Kier alpha value is -2.15. The molecule has 2 heterocycles. The topological polar surface area (TPSA) is 59.2 Å². The van der Waals surface area contributed by atoms with E-state index in [-0.39, 0.29) is 24.9 Å². The minimum absolute atomic E-state index is 0.0892. The van der Waals surface area contributed by atoms with Gasteiger partial charge in [0.05, 0.1) is 5.52 Å². The second-order valence-corrected chi connectivity index (χ2v) is 5.76. The molecule has 23 heavy (non-hydrogen) atoms. The van der Waals surface area contributed by atoms with E-state index < -0.39 is 24.2 Å². The highest BCUT2D eigenvalue weighted by atomic mass is 19.4. The fourth-order valence-corrected chi connectivity index (χ4v) is 2.94. The number of nitrogens with two attached hydrogens (primary N) is 1. The van der Waals surface area contributed by atoms with Crippen molar-refractivity contribution in [1.29, 1.82) is 0 Å². The Balaban J connectivity index is 1.94. The lowest BCUT2D eigenvalue weighted by molar-refractivity contribution is -0.184. The molecule has 2 N–H and O–H groups in total. The monoisotopic (exact) mass is 323 g/mol. The Morgan fingerprint density at radius 2 is 2.04 bits per heavy atom. The number of aromatic nitrogens is 1. The van der Waals surface area contributed by atoms with Crippen molar-refractivity contribution in [2.24, 2.45) is 5.73 Å². The molecule has 4 nitrogen and oxygen atoms in total. The quantitative estimate of drug-likeness (QED) is 0.878. The molecule has 2 atom stereocenters. The van der Waals surface area contributed by atoms with Crippen LogP contribution in [0.1, 0.15) is 23.2 Å². The summed E-state index contributed by atoms with van der Waals surface area (Å²) in [5.74, 6) is -0.645. The van der Waals surface area contributed by atoms with Crippen LogP contribution in [0.4, 0.5) is 13.2 Å². The molecule has 1 amide bonds. The summed E-state index contributed by atoms with van der Waals surface area (Å²) in [6.45, 7) is -0.0892. The van der Waals surface area contributed by atoms with E-state index in [9.17, 15) is 18.0 Å². The standard InChI is InChI=1S/C16H16F3N3O/c17-16(18,19)14-6-4-12(20)9-22(14)15(23)11-3-5-13-10(8-11)2-1-7-21-13/h1-3,5,7-8,12,14H,4,6,9,20H2/t12-,14+/m0/s1. The molecule has 1 saturated heterocycles. The van der Waals surface area contributed by atoms with Crippen LogP contribution in [0.5, 0.6) is 0 Å². The predicted molar refractivity (Wildman–Crippen MR) is 79.8 cm³/mol. The summed E-state index contributed by atoms with van der Waals surface area (Å²) < 4.78 is 39.6. The van der Waals surface area contributed by atoms with Crippen molar-refractivity contribution in [3.8, 4) is 0 Å². The molecule has 1 fully saturated rings. The lowest BCUT2D eigenvalue weighted by Gasteiger charge is -2.39. The second-order valence-electron chi connectivity index (χ2n) is 5.76. The van der Waals surface area contributed by atoms with Crippen LogP contribution in [0.25, 0.3) is 10.9 Å². The third-order valence-electron chi connectivity index (χ3n) is 4.11. The first-order valence-electron chi connectivity index (χ1n) is 7.34. The van der Waals surface area contributed by atoms with E-state index in [1.807, 2.05) is 0 Å². The third-order valence-corrected chi connectivity index (χ3v) is 4.11. The Bertz CT molecular complexity index is 732. The first-order valence-corrected chi connectivity index (χ1v) is 7.34. The van der Waals surface area contributed by atoms with Gasteiger partial charge in [-0.1, -0.05) is 6.07 Å². The van der Waals surface area contributed by atoms with E-state index in [0.717, 1.165) is 4.90 Å². The number of hydrogen-bond donors (Lipinski definition) is 1. The number of carbonyl (C=O) groups is 1. The van der Waals surface area contributed by atoms with Gasteiger partial charge in [0, 0.05) is 29.7 Å². The Labute approximate surface area is 131 Å². The average molecular weight is 323 g/mol. The van der Waals surface area contributed by atoms with E-state index >= 15 is 0 Å². The van der Waals surface area contributed by atoms with E-state index in [4.69, 9.17) is 5.73 Å². The van der Waals surface area contributed by atoms with E-state index in [1.54, 1.807) is 30.5 Å². The molecule has 1 aliphatic rings. The first-order chi connectivity index (χ1) is 10.9. The maximum atomic E-state index is 13.2. The van der Waals surface area contributed by atoms with E-state index in [2.05, 4.69) is 4.98 Å². The van der Waals surface area contributed by atoms with Gasteiger partial charge >= 0.3 is 6.18 Å². The van der Waals surface area contributed by atoms with Crippen LogP contribution in [0.15, 0.2) is 36.5 Å². The smallest absolute Gasteiger partial charge is 0.326 e. The van der Waals surface area contributed by atoms with Gasteiger partial charge in [0.25, 0.3) is 5.91 Å². The summed E-state index contributed by atoms with van der Waals surface area (Å²) in [4.78, 5) is 17.6. The molecule has 2 aromatic rings. The average Bonchev–Trinajstić information content (AvgIpc) is 2.52. The number of benzene rings is 1. The van der Waals surface area contributed by atoms with Crippen LogP contribution < -0.4 is 5.73 Å². The van der Waals surface area contributed by atoms with Crippen LogP contribution in [0.2, 0.25) is 0 Å². The molecule has 0 aliphatic carbocycles. The number of halogens is 3. The lowest BCUT2D eigenvalue weighted by atomic mass is 9.97. The maximum absolute atomic E-state index is 13.2. The summed E-state index contributed by atoms with van der Waals surface area (Å²) >= 11 is 0. The van der Waals surface area contributed by atoms with Gasteiger partial charge in [-0.25, -0.2) is 0 Å². The number of pyridine rings is 1. The number of amides is 1. The fraction of sp³-hybridized carbons (Fsp3) is 0.375. The lowest BCUT2D eigenvalue weighted by Crippen LogP contribution is -2.56. The highest BCUT2D eigenvalue weighted by Crippen LogP contribution is 2.32. The normalized spacial score (nSPS) is 22.3. The fourth-order valence-electron chi connectivity index (χ4n) is 2.94. The van der Waals surface area contributed by atoms with Crippen molar-refractivity contribution in [2.75, 3.05) is 6.54 Å². The molecule has 0 saturated carbocycles. The molecule has 0 radical (unpaired) electrons. The van der Waals surface area contributed by atoms with Gasteiger partial charge in [-0.3, -0.25) is 9.78 Å². The summed E-state index contributed by atoms with van der Waals surface area (Å²) in [7, 11) is 0. The number of rotatable bonds is 1. The number of piperidine rings is 1. The van der Waals surface area contributed by atoms with Gasteiger partial charge in [0.15, 0.2) is 0 Å². The maximum Gasteiger partial charge on any atom is 0.408 e. The summed E-state index contributed by atoms with van der Waals surface area (Å²) in [6, 6.07) is 5.98. The number of nitrogens with zero attached hydrogens (tertiary/aromatic N) is 2. The molecular weight excluding hydrogens is 307 g/mol. The highest BCUT2D eigenvalue weighted by molar-refractivity contribution is 5.98. The molecule has 0 unspecified atom stereocenters. The molecule has 1 aliphatic heterocycles. The SMILES string of the molecule is N[C@H]1CC[C@H](C(F)(F)F)N(C(=O)c2ccc3ncccc3c2)C1. The number of alkyl halides is 3. The van der Waals surface area contributed by atoms with Crippen LogP contribution in [0, 0.1) is 0 Å². The summed E-state index contributed by atoms with van der Waals surface area (Å²) in [5.41, 5.74) is 6.67. The van der Waals surface area contributed by atoms with Crippen LogP contribution in [-0.2, 0) is 0 Å². The van der Waals surface area contributed by atoms with Gasteiger partial charge < -0.3 is 10.6 Å². The van der Waals surface area contributed by atoms with Crippen LogP contribution >= 0.6 is 0 Å². The third kappa shape index (κ3) is 3.14.